The van der Waals surface area contributed by atoms with Gasteiger partial charge in [0.2, 0.25) is 5.91 Å². The predicted octanol–water partition coefficient (Wildman–Crippen LogP) is -1.20. The Balaban J connectivity index is 3.93. The maximum absolute atomic E-state index is 11.2. The molecule has 0 bridgehead atoms. The molecule has 82 valence electrons. The Bertz CT molecular complexity index is 208. The number of aliphatic hydroxyl groups excluding tert-OH is 1. The van der Waals surface area contributed by atoms with E-state index >= 15 is 0 Å². The Labute approximate surface area is 83.1 Å². The maximum atomic E-state index is 11.2. The quantitative estimate of drug-likeness (QED) is 0.462. The summed E-state index contributed by atoms with van der Waals surface area (Å²) < 4.78 is 0. The van der Waals surface area contributed by atoms with E-state index in [4.69, 9.17) is 5.11 Å². The maximum Gasteiger partial charge on any atom is 0.321 e. The summed E-state index contributed by atoms with van der Waals surface area (Å²) in [6.45, 7) is 3.30. The summed E-state index contributed by atoms with van der Waals surface area (Å²) in [6.07, 6.45) is 0. The fourth-order valence-electron chi connectivity index (χ4n) is 0.838. The van der Waals surface area contributed by atoms with Crippen LogP contribution in [0.1, 0.15) is 13.8 Å². The highest BCUT2D eigenvalue weighted by atomic mass is 16.3. The molecule has 0 rings (SSSR count). The first-order valence-electron chi connectivity index (χ1n) is 4.40. The van der Waals surface area contributed by atoms with Crippen LogP contribution in [0.15, 0.2) is 0 Å². The predicted molar refractivity (Wildman–Crippen MR) is 51.7 cm³/mol. The van der Waals surface area contributed by atoms with E-state index in [0.29, 0.717) is 0 Å². The van der Waals surface area contributed by atoms with Gasteiger partial charge in [0.05, 0.1) is 12.6 Å². The van der Waals surface area contributed by atoms with E-state index in [1.165, 1.54) is 7.05 Å². The molecule has 0 aromatic carbocycles. The highest BCUT2D eigenvalue weighted by Gasteiger charge is 2.16. The summed E-state index contributed by atoms with van der Waals surface area (Å²) in [7, 11) is 1.43. The van der Waals surface area contributed by atoms with Crippen LogP contribution in [0.25, 0.3) is 0 Å². The number of hydrogen-bond donors (Lipinski definition) is 4. The molecule has 2 unspecified atom stereocenters. The molecule has 0 aromatic heterocycles. The third-order valence-corrected chi connectivity index (χ3v) is 1.67. The van der Waals surface area contributed by atoms with Gasteiger partial charge in [0.1, 0.15) is 0 Å². The van der Waals surface area contributed by atoms with Gasteiger partial charge in [-0.15, -0.1) is 0 Å². The number of urea groups is 1. The van der Waals surface area contributed by atoms with Gasteiger partial charge in [-0.25, -0.2) is 4.79 Å². The Morgan fingerprint density at radius 1 is 1.36 bits per heavy atom. The molecule has 0 heterocycles. The van der Waals surface area contributed by atoms with Crippen LogP contribution in [0.4, 0.5) is 4.79 Å². The molecule has 0 aliphatic carbocycles. The molecule has 3 amide bonds. The van der Waals surface area contributed by atoms with Crippen molar-refractivity contribution in [2.75, 3.05) is 13.7 Å². The van der Waals surface area contributed by atoms with E-state index in [1.807, 2.05) is 0 Å². The number of imide groups is 1. The molecule has 0 saturated heterocycles. The second-order valence-corrected chi connectivity index (χ2v) is 3.04. The van der Waals surface area contributed by atoms with Crippen LogP contribution < -0.4 is 16.0 Å². The fourth-order valence-corrected chi connectivity index (χ4v) is 0.838. The molecule has 0 saturated carbocycles. The number of amides is 3. The number of rotatable bonds is 4. The largest absolute Gasteiger partial charge is 0.395 e. The highest BCUT2D eigenvalue weighted by Crippen LogP contribution is 1.86. The Morgan fingerprint density at radius 2 is 1.93 bits per heavy atom. The molecule has 4 N–H and O–H groups in total. The van der Waals surface area contributed by atoms with Crippen molar-refractivity contribution in [2.24, 2.45) is 0 Å². The number of aliphatic hydroxyl groups is 1. The van der Waals surface area contributed by atoms with E-state index in [-0.39, 0.29) is 12.6 Å². The third-order valence-electron chi connectivity index (χ3n) is 1.67. The molecule has 0 spiro atoms. The zero-order chi connectivity index (χ0) is 11.1. The molecular formula is C8H17N3O3. The Hall–Kier alpha value is -1.14. The minimum Gasteiger partial charge on any atom is -0.395 e. The minimum atomic E-state index is -0.541. The number of carbonyl (C=O) groups excluding carboxylic acids is 2. The SMILES string of the molecule is CNC(=O)NC(=O)C(C)NC(C)CO. The molecule has 0 aromatic rings. The van der Waals surface area contributed by atoms with Crippen molar-refractivity contribution >= 4 is 11.9 Å². The standard InChI is InChI=1S/C8H17N3O3/c1-5(4-12)10-6(2)7(13)11-8(14)9-3/h5-6,10,12H,4H2,1-3H3,(H2,9,11,13,14). The molecule has 0 aliphatic heterocycles. The molecule has 14 heavy (non-hydrogen) atoms. The van der Waals surface area contributed by atoms with Crippen LogP contribution in [-0.2, 0) is 4.79 Å². The first-order valence-corrected chi connectivity index (χ1v) is 4.40. The van der Waals surface area contributed by atoms with E-state index < -0.39 is 18.0 Å². The smallest absolute Gasteiger partial charge is 0.321 e. The third kappa shape index (κ3) is 4.78. The van der Waals surface area contributed by atoms with Crippen LogP contribution >= 0.6 is 0 Å². The Morgan fingerprint density at radius 3 is 2.36 bits per heavy atom. The van der Waals surface area contributed by atoms with Gasteiger partial charge >= 0.3 is 6.03 Å². The van der Waals surface area contributed by atoms with Gasteiger partial charge in [-0.3, -0.25) is 10.1 Å². The summed E-state index contributed by atoms with van der Waals surface area (Å²) in [5.41, 5.74) is 0. The molecule has 0 aliphatic rings. The van der Waals surface area contributed by atoms with Crippen molar-refractivity contribution in [3.63, 3.8) is 0 Å². The van der Waals surface area contributed by atoms with Crippen molar-refractivity contribution in [3.05, 3.63) is 0 Å². The number of nitrogens with one attached hydrogen (secondary N) is 3. The van der Waals surface area contributed by atoms with Crippen molar-refractivity contribution in [2.45, 2.75) is 25.9 Å². The van der Waals surface area contributed by atoms with Crippen LogP contribution in [0.2, 0.25) is 0 Å². The summed E-state index contributed by atoms with van der Waals surface area (Å²) in [6, 6.07) is -1.24. The molecule has 0 radical (unpaired) electrons. The van der Waals surface area contributed by atoms with Gasteiger partial charge in [-0.1, -0.05) is 0 Å². The van der Waals surface area contributed by atoms with E-state index in [2.05, 4.69) is 16.0 Å². The lowest BCUT2D eigenvalue weighted by Crippen LogP contribution is -2.50. The fraction of sp³-hybridized carbons (Fsp3) is 0.750. The van der Waals surface area contributed by atoms with E-state index in [0.717, 1.165) is 0 Å². The summed E-state index contributed by atoms with van der Waals surface area (Å²) >= 11 is 0. The lowest BCUT2D eigenvalue weighted by molar-refractivity contribution is -0.121. The summed E-state index contributed by atoms with van der Waals surface area (Å²) in [4.78, 5) is 22.0. The molecule has 6 nitrogen and oxygen atoms in total. The topological polar surface area (TPSA) is 90.5 Å². The van der Waals surface area contributed by atoms with Gasteiger partial charge in [-0.2, -0.15) is 0 Å². The Kier molecular flexibility index (Phi) is 5.82. The van der Waals surface area contributed by atoms with Crippen LogP contribution in [-0.4, -0.2) is 42.8 Å². The lowest BCUT2D eigenvalue weighted by atomic mass is 10.2. The van der Waals surface area contributed by atoms with Gasteiger partial charge in [-0.05, 0) is 13.8 Å². The van der Waals surface area contributed by atoms with Crippen LogP contribution in [0, 0.1) is 0 Å². The zero-order valence-electron chi connectivity index (χ0n) is 8.63. The molecule has 2 atom stereocenters. The molecular weight excluding hydrogens is 186 g/mol. The highest BCUT2D eigenvalue weighted by molar-refractivity contribution is 5.96. The van der Waals surface area contributed by atoms with Crippen molar-refractivity contribution in [3.8, 4) is 0 Å². The minimum absolute atomic E-state index is 0.0579. The average molecular weight is 203 g/mol. The van der Waals surface area contributed by atoms with E-state index in [1.54, 1.807) is 13.8 Å². The van der Waals surface area contributed by atoms with Crippen molar-refractivity contribution in [1.29, 1.82) is 0 Å². The number of hydrogen-bond acceptors (Lipinski definition) is 4. The van der Waals surface area contributed by atoms with Crippen LogP contribution in [0.3, 0.4) is 0 Å². The summed E-state index contributed by atoms with van der Waals surface area (Å²) in [5, 5.41) is 15.9. The molecule has 0 fully saturated rings. The molecule has 6 heteroatoms. The number of carbonyl (C=O) groups is 2. The average Bonchev–Trinajstić information content (AvgIpc) is 2.17. The zero-order valence-corrected chi connectivity index (χ0v) is 8.63. The van der Waals surface area contributed by atoms with Gasteiger partial charge < -0.3 is 15.7 Å². The van der Waals surface area contributed by atoms with Gasteiger partial charge in [0.15, 0.2) is 0 Å². The second kappa shape index (κ2) is 6.33. The van der Waals surface area contributed by atoms with Gasteiger partial charge in [0, 0.05) is 13.1 Å². The first-order chi connectivity index (χ1) is 6.51. The van der Waals surface area contributed by atoms with Crippen LogP contribution in [0.5, 0.6) is 0 Å². The van der Waals surface area contributed by atoms with Crippen molar-refractivity contribution in [1.82, 2.24) is 16.0 Å². The normalized spacial score (nSPS) is 14.3. The monoisotopic (exact) mass is 203 g/mol. The van der Waals surface area contributed by atoms with Crippen molar-refractivity contribution < 1.29 is 14.7 Å². The van der Waals surface area contributed by atoms with E-state index in [9.17, 15) is 9.59 Å². The van der Waals surface area contributed by atoms with Gasteiger partial charge in [0.25, 0.3) is 0 Å². The second-order valence-electron chi connectivity index (χ2n) is 3.04. The first kappa shape index (κ1) is 12.9. The lowest BCUT2D eigenvalue weighted by Gasteiger charge is -2.17. The summed E-state index contributed by atoms with van der Waals surface area (Å²) in [5.74, 6) is -0.426.